The molecule has 1 fully saturated rings. The molecule has 0 radical (unpaired) electrons. The molecule has 3 rings (SSSR count). The third-order valence-electron chi connectivity index (χ3n) is 4.50. The number of carbonyl (C=O) groups is 2. The SMILES string of the molecule is CN1CCN(C(=O)CCNC(=O)c2n[nH]c3c2CNCC3)CC1.Cl.Cl. The summed E-state index contributed by atoms with van der Waals surface area (Å²) in [6, 6.07) is 0. The predicted molar refractivity (Wildman–Crippen MR) is 99.5 cm³/mol. The zero-order valence-corrected chi connectivity index (χ0v) is 16.0. The minimum Gasteiger partial charge on any atom is -0.350 e. The second kappa shape index (κ2) is 9.96. The summed E-state index contributed by atoms with van der Waals surface area (Å²) in [7, 11) is 2.06. The van der Waals surface area contributed by atoms with E-state index in [0.717, 1.165) is 50.4 Å². The van der Waals surface area contributed by atoms with Crippen molar-refractivity contribution < 1.29 is 9.59 Å². The summed E-state index contributed by atoms with van der Waals surface area (Å²) in [5.74, 6) is -0.110. The van der Waals surface area contributed by atoms with Gasteiger partial charge in [0.1, 0.15) is 0 Å². The third kappa shape index (κ3) is 5.31. The lowest BCUT2D eigenvalue weighted by molar-refractivity contribution is -0.132. The number of piperazine rings is 1. The first-order chi connectivity index (χ1) is 11.1. The second-order valence-corrected chi connectivity index (χ2v) is 6.15. The van der Waals surface area contributed by atoms with E-state index < -0.39 is 0 Å². The molecule has 3 heterocycles. The Bertz CT molecular complexity index is 587. The number of rotatable bonds is 4. The molecule has 25 heavy (non-hydrogen) atoms. The molecular formula is C15H26Cl2N6O2. The van der Waals surface area contributed by atoms with Crippen LogP contribution in [0.2, 0.25) is 0 Å². The van der Waals surface area contributed by atoms with E-state index in [1.807, 2.05) is 4.90 Å². The van der Waals surface area contributed by atoms with Crippen molar-refractivity contribution in [1.29, 1.82) is 0 Å². The van der Waals surface area contributed by atoms with Gasteiger partial charge in [-0.2, -0.15) is 5.10 Å². The van der Waals surface area contributed by atoms with E-state index in [4.69, 9.17) is 0 Å². The summed E-state index contributed by atoms with van der Waals surface area (Å²) in [5, 5.41) is 13.1. The van der Waals surface area contributed by atoms with E-state index in [1.54, 1.807) is 0 Å². The van der Waals surface area contributed by atoms with E-state index in [0.29, 0.717) is 25.2 Å². The largest absolute Gasteiger partial charge is 0.350 e. The molecule has 2 amide bonds. The Hall–Kier alpha value is -1.35. The summed E-state index contributed by atoms with van der Waals surface area (Å²) in [6.07, 6.45) is 1.19. The number of hydrogen-bond donors (Lipinski definition) is 3. The lowest BCUT2D eigenvalue weighted by Crippen LogP contribution is -2.47. The average Bonchev–Trinajstić information content (AvgIpc) is 2.99. The molecule has 0 saturated carbocycles. The maximum absolute atomic E-state index is 12.2. The Balaban J connectivity index is 0.00000156. The number of nitrogens with zero attached hydrogens (tertiary/aromatic N) is 3. The fraction of sp³-hybridized carbons (Fsp3) is 0.667. The number of carbonyl (C=O) groups excluding carboxylic acids is 2. The van der Waals surface area contributed by atoms with Gasteiger partial charge in [0.2, 0.25) is 5.91 Å². The van der Waals surface area contributed by atoms with Crippen LogP contribution in [0, 0.1) is 0 Å². The monoisotopic (exact) mass is 392 g/mol. The number of hydrogen-bond acceptors (Lipinski definition) is 5. The predicted octanol–water partition coefficient (Wildman–Crippen LogP) is -0.207. The third-order valence-corrected chi connectivity index (χ3v) is 4.50. The Morgan fingerprint density at radius 2 is 1.92 bits per heavy atom. The molecule has 0 spiro atoms. The van der Waals surface area contributed by atoms with Crippen molar-refractivity contribution in [3.63, 3.8) is 0 Å². The molecule has 0 atom stereocenters. The number of amides is 2. The van der Waals surface area contributed by atoms with Crippen LogP contribution >= 0.6 is 24.8 Å². The molecule has 0 aliphatic carbocycles. The van der Waals surface area contributed by atoms with Crippen LogP contribution in [0.3, 0.4) is 0 Å². The first-order valence-electron chi connectivity index (χ1n) is 8.16. The van der Waals surface area contributed by atoms with E-state index >= 15 is 0 Å². The molecule has 1 aromatic heterocycles. The number of aromatic amines is 1. The Morgan fingerprint density at radius 3 is 2.64 bits per heavy atom. The van der Waals surface area contributed by atoms with Gasteiger partial charge in [0.25, 0.3) is 5.91 Å². The number of likely N-dealkylation sites (N-methyl/N-ethyl adjacent to an activating group) is 1. The van der Waals surface area contributed by atoms with Crippen LogP contribution in [0.5, 0.6) is 0 Å². The zero-order valence-electron chi connectivity index (χ0n) is 14.3. The zero-order chi connectivity index (χ0) is 16.2. The fourth-order valence-electron chi connectivity index (χ4n) is 2.99. The van der Waals surface area contributed by atoms with Gasteiger partial charge in [-0.15, -0.1) is 24.8 Å². The van der Waals surface area contributed by atoms with Gasteiger partial charge < -0.3 is 20.4 Å². The minimum absolute atomic E-state index is 0. The van der Waals surface area contributed by atoms with Crippen molar-refractivity contribution in [2.75, 3.05) is 46.3 Å². The minimum atomic E-state index is -0.211. The van der Waals surface area contributed by atoms with Crippen molar-refractivity contribution in [3.05, 3.63) is 17.0 Å². The van der Waals surface area contributed by atoms with Crippen molar-refractivity contribution in [2.24, 2.45) is 0 Å². The highest BCUT2D eigenvalue weighted by molar-refractivity contribution is 5.94. The topological polar surface area (TPSA) is 93.4 Å². The fourth-order valence-corrected chi connectivity index (χ4v) is 2.99. The molecule has 0 aromatic carbocycles. The first kappa shape index (κ1) is 21.7. The van der Waals surface area contributed by atoms with Crippen molar-refractivity contribution >= 4 is 36.6 Å². The van der Waals surface area contributed by atoms with Crippen LogP contribution in [0.25, 0.3) is 0 Å². The maximum atomic E-state index is 12.2. The molecule has 2 aliphatic rings. The van der Waals surface area contributed by atoms with Crippen LogP contribution in [0.4, 0.5) is 0 Å². The summed E-state index contributed by atoms with van der Waals surface area (Å²) < 4.78 is 0. The molecule has 10 heteroatoms. The molecule has 8 nitrogen and oxygen atoms in total. The first-order valence-corrected chi connectivity index (χ1v) is 8.16. The molecular weight excluding hydrogens is 367 g/mol. The van der Waals surface area contributed by atoms with Crippen LogP contribution in [0.1, 0.15) is 28.2 Å². The summed E-state index contributed by atoms with van der Waals surface area (Å²) >= 11 is 0. The molecule has 142 valence electrons. The maximum Gasteiger partial charge on any atom is 0.272 e. The lowest BCUT2D eigenvalue weighted by Gasteiger charge is -2.32. The van der Waals surface area contributed by atoms with Crippen LogP contribution < -0.4 is 10.6 Å². The van der Waals surface area contributed by atoms with Gasteiger partial charge in [0.15, 0.2) is 5.69 Å². The van der Waals surface area contributed by atoms with Gasteiger partial charge in [-0.05, 0) is 7.05 Å². The van der Waals surface area contributed by atoms with Crippen molar-refractivity contribution in [2.45, 2.75) is 19.4 Å². The van der Waals surface area contributed by atoms with Gasteiger partial charge in [0.05, 0.1) is 0 Å². The van der Waals surface area contributed by atoms with E-state index in [1.165, 1.54) is 0 Å². The molecule has 0 bridgehead atoms. The summed E-state index contributed by atoms with van der Waals surface area (Å²) in [4.78, 5) is 28.4. The van der Waals surface area contributed by atoms with Gasteiger partial charge in [-0.1, -0.05) is 0 Å². The summed E-state index contributed by atoms with van der Waals surface area (Å²) in [6.45, 7) is 5.25. The van der Waals surface area contributed by atoms with Crippen molar-refractivity contribution in [3.8, 4) is 0 Å². The number of nitrogens with one attached hydrogen (secondary N) is 3. The highest BCUT2D eigenvalue weighted by Gasteiger charge is 2.22. The van der Waals surface area contributed by atoms with E-state index in [-0.39, 0.29) is 36.6 Å². The standard InChI is InChI=1S/C15H24N6O2.2ClH/c1-20-6-8-21(9-7-20)13(22)3-5-17-15(23)14-11-10-16-4-2-12(11)18-19-14;;/h16H,2-10H2,1H3,(H,17,23)(H,18,19);2*1H. The Labute approximate surface area is 159 Å². The molecule has 2 aliphatic heterocycles. The average molecular weight is 393 g/mol. The van der Waals surface area contributed by atoms with E-state index in [2.05, 4.69) is 32.8 Å². The van der Waals surface area contributed by atoms with Crippen LogP contribution in [0.15, 0.2) is 0 Å². The Kier molecular flexibility index (Phi) is 8.64. The Morgan fingerprint density at radius 1 is 1.20 bits per heavy atom. The highest BCUT2D eigenvalue weighted by atomic mass is 35.5. The van der Waals surface area contributed by atoms with Crippen LogP contribution in [-0.2, 0) is 17.8 Å². The smallest absolute Gasteiger partial charge is 0.272 e. The van der Waals surface area contributed by atoms with Gasteiger partial charge in [-0.25, -0.2) is 0 Å². The summed E-state index contributed by atoms with van der Waals surface area (Å²) in [5.41, 5.74) is 2.42. The molecule has 1 aromatic rings. The number of halogens is 2. The van der Waals surface area contributed by atoms with Gasteiger partial charge in [0, 0.05) is 69.9 Å². The lowest BCUT2D eigenvalue weighted by atomic mass is 10.1. The molecule has 3 N–H and O–H groups in total. The molecule has 1 saturated heterocycles. The second-order valence-electron chi connectivity index (χ2n) is 6.15. The normalized spacial score (nSPS) is 17.1. The van der Waals surface area contributed by atoms with Gasteiger partial charge >= 0.3 is 0 Å². The van der Waals surface area contributed by atoms with Crippen molar-refractivity contribution in [1.82, 2.24) is 30.6 Å². The number of fused-ring (bicyclic) bond motifs is 1. The molecule has 0 unspecified atom stereocenters. The quantitative estimate of drug-likeness (QED) is 0.659. The number of aromatic nitrogens is 2. The number of H-pyrrole nitrogens is 1. The van der Waals surface area contributed by atoms with E-state index in [9.17, 15) is 9.59 Å². The highest BCUT2D eigenvalue weighted by Crippen LogP contribution is 2.15. The van der Waals surface area contributed by atoms with Gasteiger partial charge in [-0.3, -0.25) is 14.7 Å². The van der Waals surface area contributed by atoms with Crippen LogP contribution in [-0.4, -0.2) is 78.1 Å².